The van der Waals surface area contributed by atoms with Gasteiger partial charge in [0.15, 0.2) is 0 Å². The molecule has 0 aromatic heterocycles. The first-order chi connectivity index (χ1) is 11.3. The number of morpholine rings is 1. The Morgan fingerprint density at radius 2 is 2.17 bits per heavy atom. The molecule has 0 radical (unpaired) electrons. The Kier molecular flexibility index (Phi) is 7.90. The molecule has 1 unspecified atom stereocenters. The van der Waals surface area contributed by atoms with Gasteiger partial charge in [-0.25, -0.2) is 4.79 Å². The summed E-state index contributed by atoms with van der Waals surface area (Å²) in [7, 11) is 0. The Balaban J connectivity index is 1.67. The maximum Gasteiger partial charge on any atom is 0.410 e. The molecule has 1 aliphatic rings. The summed E-state index contributed by atoms with van der Waals surface area (Å²) in [5, 5.41) is 3.40. The Labute approximate surface area is 139 Å². The number of rotatable bonds is 8. The van der Waals surface area contributed by atoms with Gasteiger partial charge in [0.05, 0.1) is 19.3 Å². The molecule has 2 rings (SSSR count). The lowest BCUT2D eigenvalue weighted by atomic mass is 10.2. The monoisotopic (exact) mass is 320 g/mol. The van der Waals surface area contributed by atoms with E-state index < -0.39 is 0 Å². The van der Waals surface area contributed by atoms with E-state index in [2.05, 4.69) is 12.2 Å². The fraction of sp³-hybridized carbons (Fsp3) is 0.611. The van der Waals surface area contributed by atoms with Crippen LogP contribution in [-0.4, -0.2) is 49.9 Å². The average molecular weight is 320 g/mol. The zero-order chi connectivity index (χ0) is 16.3. The molecule has 1 aromatic carbocycles. The van der Waals surface area contributed by atoms with Crippen molar-refractivity contribution >= 4 is 6.09 Å². The SMILES string of the molecule is CCCCCNCC1CN(C(=O)OCc2ccccc2)CCO1. The van der Waals surface area contributed by atoms with Crippen molar-refractivity contribution in [3.8, 4) is 0 Å². The number of ether oxygens (including phenoxy) is 2. The molecule has 5 nitrogen and oxygen atoms in total. The van der Waals surface area contributed by atoms with E-state index in [1.807, 2.05) is 30.3 Å². The molecule has 23 heavy (non-hydrogen) atoms. The van der Waals surface area contributed by atoms with E-state index >= 15 is 0 Å². The smallest absolute Gasteiger partial charge is 0.410 e. The molecule has 0 saturated carbocycles. The lowest BCUT2D eigenvalue weighted by Crippen LogP contribution is -2.49. The van der Waals surface area contributed by atoms with Gasteiger partial charge < -0.3 is 19.7 Å². The molecule has 1 heterocycles. The Bertz CT molecular complexity index is 453. The summed E-state index contributed by atoms with van der Waals surface area (Å²) in [5.41, 5.74) is 1.00. The molecule has 1 aliphatic heterocycles. The fourth-order valence-electron chi connectivity index (χ4n) is 2.58. The first-order valence-electron chi connectivity index (χ1n) is 8.57. The Hall–Kier alpha value is -1.59. The van der Waals surface area contributed by atoms with Crippen molar-refractivity contribution in [2.75, 3.05) is 32.8 Å². The van der Waals surface area contributed by atoms with Crippen LogP contribution in [0.25, 0.3) is 0 Å². The highest BCUT2D eigenvalue weighted by molar-refractivity contribution is 5.67. The summed E-state index contributed by atoms with van der Waals surface area (Å²) >= 11 is 0. The summed E-state index contributed by atoms with van der Waals surface area (Å²) in [5.74, 6) is 0. The third kappa shape index (κ3) is 6.59. The van der Waals surface area contributed by atoms with Crippen LogP contribution in [-0.2, 0) is 16.1 Å². The summed E-state index contributed by atoms with van der Waals surface area (Å²) < 4.78 is 11.1. The molecule has 1 aromatic rings. The highest BCUT2D eigenvalue weighted by atomic mass is 16.6. The maximum absolute atomic E-state index is 12.2. The van der Waals surface area contributed by atoms with Gasteiger partial charge in [-0.05, 0) is 18.5 Å². The third-order valence-corrected chi connectivity index (χ3v) is 3.93. The maximum atomic E-state index is 12.2. The molecule has 0 aliphatic carbocycles. The molecule has 5 heteroatoms. The van der Waals surface area contributed by atoms with Gasteiger partial charge in [-0.3, -0.25) is 0 Å². The molecule has 1 saturated heterocycles. The fourth-order valence-corrected chi connectivity index (χ4v) is 2.58. The van der Waals surface area contributed by atoms with Gasteiger partial charge in [-0.2, -0.15) is 0 Å². The molecule has 128 valence electrons. The van der Waals surface area contributed by atoms with Crippen molar-refractivity contribution < 1.29 is 14.3 Å². The van der Waals surface area contributed by atoms with E-state index in [1.165, 1.54) is 19.3 Å². The van der Waals surface area contributed by atoms with E-state index in [0.29, 0.717) is 26.3 Å². The van der Waals surface area contributed by atoms with E-state index in [1.54, 1.807) is 4.90 Å². The minimum atomic E-state index is -0.256. The molecule has 1 amide bonds. The van der Waals surface area contributed by atoms with Gasteiger partial charge in [0, 0.05) is 13.1 Å². The molecule has 1 atom stereocenters. The number of amides is 1. The van der Waals surface area contributed by atoms with Crippen molar-refractivity contribution in [2.24, 2.45) is 0 Å². The number of benzene rings is 1. The highest BCUT2D eigenvalue weighted by Crippen LogP contribution is 2.08. The topological polar surface area (TPSA) is 50.8 Å². The van der Waals surface area contributed by atoms with Crippen LogP contribution < -0.4 is 5.32 Å². The first-order valence-corrected chi connectivity index (χ1v) is 8.57. The molecule has 1 fully saturated rings. The summed E-state index contributed by atoms with van der Waals surface area (Å²) in [6.45, 7) is 6.06. The molecule has 0 bridgehead atoms. The van der Waals surface area contributed by atoms with Gasteiger partial charge >= 0.3 is 6.09 Å². The number of unbranched alkanes of at least 4 members (excludes halogenated alkanes) is 2. The van der Waals surface area contributed by atoms with Crippen LogP contribution in [0.15, 0.2) is 30.3 Å². The van der Waals surface area contributed by atoms with E-state index in [-0.39, 0.29) is 12.2 Å². The number of nitrogens with zero attached hydrogens (tertiary/aromatic N) is 1. The quantitative estimate of drug-likeness (QED) is 0.748. The van der Waals surface area contributed by atoms with Gasteiger partial charge in [-0.15, -0.1) is 0 Å². The van der Waals surface area contributed by atoms with Crippen LogP contribution in [0.5, 0.6) is 0 Å². The Morgan fingerprint density at radius 1 is 1.35 bits per heavy atom. The van der Waals surface area contributed by atoms with Gasteiger partial charge in [0.2, 0.25) is 0 Å². The Morgan fingerprint density at radius 3 is 2.96 bits per heavy atom. The van der Waals surface area contributed by atoms with Crippen molar-refractivity contribution in [1.82, 2.24) is 10.2 Å². The van der Waals surface area contributed by atoms with Crippen LogP contribution in [0.1, 0.15) is 31.7 Å². The largest absolute Gasteiger partial charge is 0.445 e. The molecule has 0 spiro atoms. The van der Waals surface area contributed by atoms with Gasteiger partial charge in [0.25, 0.3) is 0 Å². The highest BCUT2D eigenvalue weighted by Gasteiger charge is 2.24. The van der Waals surface area contributed by atoms with Crippen molar-refractivity contribution in [2.45, 2.75) is 38.9 Å². The van der Waals surface area contributed by atoms with Gasteiger partial charge in [0.1, 0.15) is 6.61 Å². The third-order valence-electron chi connectivity index (χ3n) is 3.93. The second-order valence-corrected chi connectivity index (χ2v) is 5.89. The predicted molar refractivity (Wildman–Crippen MR) is 90.3 cm³/mol. The normalized spacial score (nSPS) is 18.0. The van der Waals surface area contributed by atoms with Crippen LogP contribution in [0, 0.1) is 0 Å². The minimum absolute atomic E-state index is 0.0506. The number of carbonyl (C=O) groups is 1. The van der Waals surface area contributed by atoms with Crippen LogP contribution >= 0.6 is 0 Å². The summed E-state index contributed by atoms with van der Waals surface area (Å²) in [4.78, 5) is 13.9. The second-order valence-electron chi connectivity index (χ2n) is 5.89. The lowest BCUT2D eigenvalue weighted by molar-refractivity contribution is -0.0269. The number of hydrogen-bond donors (Lipinski definition) is 1. The van der Waals surface area contributed by atoms with Crippen molar-refractivity contribution in [3.63, 3.8) is 0 Å². The lowest BCUT2D eigenvalue weighted by Gasteiger charge is -2.32. The first kappa shape index (κ1) is 17.8. The summed E-state index contributed by atoms with van der Waals surface area (Å²) in [6, 6.07) is 9.74. The molecule has 1 N–H and O–H groups in total. The molecular weight excluding hydrogens is 292 g/mol. The predicted octanol–water partition coefficient (Wildman–Crippen LogP) is 2.80. The number of hydrogen-bond acceptors (Lipinski definition) is 4. The minimum Gasteiger partial charge on any atom is -0.445 e. The van der Waals surface area contributed by atoms with E-state index in [0.717, 1.165) is 18.7 Å². The number of nitrogens with one attached hydrogen (secondary N) is 1. The second kappa shape index (κ2) is 10.2. The van der Waals surface area contributed by atoms with Crippen LogP contribution in [0.3, 0.4) is 0 Å². The zero-order valence-corrected chi connectivity index (χ0v) is 14.0. The van der Waals surface area contributed by atoms with E-state index in [9.17, 15) is 4.79 Å². The number of carbonyl (C=O) groups excluding carboxylic acids is 1. The van der Waals surface area contributed by atoms with Crippen LogP contribution in [0.2, 0.25) is 0 Å². The van der Waals surface area contributed by atoms with Crippen molar-refractivity contribution in [1.29, 1.82) is 0 Å². The standard InChI is InChI=1S/C18H28N2O3/c1-2-3-7-10-19-13-17-14-20(11-12-22-17)18(21)23-15-16-8-5-4-6-9-16/h4-6,8-9,17,19H,2-3,7,10-15H2,1H3. The average Bonchev–Trinajstić information content (AvgIpc) is 2.60. The molecular formula is C18H28N2O3. The van der Waals surface area contributed by atoms with E-state index in [4.69, 9.17) is 9.47 Å². The van der Waals surface area contributed by atoms with Crippen molar-refractivity contribution in [3.05, 3.63) is 35.9 Å². The van der Waals surface area contributed by atoms with Gasteiger partial charge in [-0.1, -0.05) is 50.1 Å². The van der Waals surface area contributed by atoms with Crippen LogP contribution in [0.4, 0.5) is 4.79 Å². The zero-order valence-electron chi connectivity index (χ0n) is 14.0. The summed E-state index contributed by atoms with van der Waals surface area (Å²) in [6.07, 6.45) is 3.45.